The first-order valence-corrected chi connectivity index (χ1v) is 11.4. The van der Waals surface area contributed by atoms with Crippen molar-refractivity contribution in [2.24, 2.45) is 0 Å². The van der Waals surface area contributed by atoms with Gasteiger partial charge in [-0.2, -0.15) is 4.31 Å². The van der Waals surface area contributed by atoms with Crippen LogP contribution in [0.1, 0.15) is 30.9 Å². The highest BCUT2D eigenvalue weighted by Gasteiger charge is 2.35. The minimum Gasteiger partial charge on any atom is -0.497 e. The maximum Gasteiger partial charge on any atom is 0.220 e. The molecule has 0 aliphatic rings. The lowest BCUT2D eigenvalue weighted by Gasteiger charge is -2.29. The maximum atomic E-state index is 13.5. The Balaban J connectivity index is 2.37. The third-order valence-electron chi connectivity index (χ3n) is 5.02. The van der Waals surface area contributed by atoms with Crippen molar-refractivity contribution in [3.63, 3.8) is 0 Å². The number of hydrogen-bond donors (Lipinski definition) is 1. The molecule has 7 heteroatoms. The van der Waals surface area contributed by atoms with Gasteiger partial charge in [-0.05, 0) is 48.2 Å². The summed E-state index contributed by atoms with van der Waals surface area (Å²) in [6.45, 7) is 5.77. The largest absolute Gasteiger partial charge is 0.497 e. The summed E-state index contributed by atoms with van der Waals surface area (Å²) in [6, 6.07) is 14.6. The molecule has 164 valence electrons. The topological polar surface area (TPSA) is 76.1 Å². The molecule has 0 aromatic heterocycles. The molecule has 0 saturated heterocycles. The van der Waals surface area contributed by atoms with Crippen molar-refractivity contribution in [2.45, 2.75) is 44.2 Å². The Morgan fingerprint density at radius 3 is 1.73 bits per heavy atom. The molecule has 2 rings (SSSR count). The van der Waals surface area contributed by atoms with E-state index in [1.807, 2.05) is 24.3 Å². The smallest absolute Gasteiger partial charge is 0.220 e. The van der Waals surface area contributed by atoms with Gasteiger partial charge in [0, 0.05) is 13.1 Å². The van der Waals surface area contributed by atoms with Crippen molar-refractivity contribution in [3.8, 4) is 11.5 Å². The van der Waals surface area contributed by atoms with E-state index in [1.54, 1.807) is 51.5 Å². The summed E-state index contributed by atoms with van der Waals surface area (Å²) in [6.07, 6.45) is 1.06. The van der Waals surface area contributed by atoms with Crippen molar-refractivity contribution in [3.05, 3.63) is 72.3 Å². The van der Waals surface area contributed by atoms with E-state index in [4.69, 9.17) is 9.47 Å². The average molecular weight is 434 g/mol. The lowest BCUT2D eigenvalue weighted by molar-refractivity contribution is 0.165. The summed E-state index contributed by atoms with van der Waals surface area (Å²) in [5.74, 6) is 1.41. The van der Waals surface area contributed by atoms with Crippen LogP contribution < -0.4 is 9.47 Å². The van der Waals surface area contributed by atoms with Crippen LogP contribution in [-0.2, 0) is 23.1 Å². The molecule has 0 amide bonds. The molecule has 0 aliphatic carbocycles. The molecular formula is C23H31NO5S. The van der Waals surface area contributed by atoms with Gasteiger partial charge in [-0.15, -0.1) is 6.58 Å². The number of rotatable bonds is 12. The van der Waals surface area contributed by atoms with E-state index in [2.05, 4.69) is 6.58 Å². The Bertz CT molecular complexity index is 845. The second kappa shape index (κ2) is 11.2. The Hall–Kier alpha value is -2.35. The molecule has 0 aliphatic heterocycles. The number of benzene rings is 2. The normalized spacial score (nSPS) is 13.6. The Morgan fingerprint density at radius 1 is 0.967 bits per heavy atom. The fraction of sp³-hybridized carbons (Fsp3) is 0.391. The fourth-order valence-electron chi connectivity index (χ4n) is 3.30. The van der Waals surface area contributed by atoms with Gasteiger partial charge >= 0.3 is 0 Å². The number of sulfonamides is 1. The molecule has 6 nitrogen and oxygen atoms in total. The summed E-state index contributed by atoms with van der Waals surface area (Å²) in [5.41, 5.74) is 1.67. The molecule has 1 N–H and O–H groups in total. The molecular weight excluding hydrogens is 402 g/mol. The standard InChI is InChI=1S/C23H31NO5S/c1-5-7-22(25)23(6-2)30(26,27)24(16-18-8-12-20(28-3)13-9-18)17-19-10-14-21(29-4)15-11-19/h5,8-15,22-23,25H,1,6-7,16-17H2,2-4H3/t22-,23+/m0/s1. The van der Waals surface area contributed by atoms with E-state index in [1.165, 1.54) is 4.31 Å². The Morgan fingerprint density at radius 2 is 1.40 bits per heavy atom. The third-order valence-corrected chi connectivity index (χ3v) is 7.41. The molecule has 0 spiro atoms. The molecule has 2 atom stereocenters. The zero-order valence-corrected chi connectivity index (χ0v) is 18.6. The van der Waals surface area contributed by atoms with Gasteiger partial charge in [-0.25, -0.2) is 8.42 Å². The summed E-state index contributed by atoms with van der Waals surface area (Å²) in [7, 11) is -0.618. The summed E-state index contributed by atoms with van der Waals surface area (Å²) in [4.78, 5) is 0. The number of ether oxygens (including phenoxy) is 2. The number of aliphatic hydroxyl groups excluding tert-OH is 1. The lowest BCUT2D eigenvalue weighted by Crippen LogP contribution is -2.43. The summed E-state index contributed by atoms with van der Waals surface area (Å²) < 4.78 is 38.8. The van der Waals surface area contributed by atoms with Gasteiger partial charge in [-0.3, -0.25) is 0 Å². The van der Waals surface area contributed by atoms with Gasteiger partial charge in [0.1, 0.15) is 16.7 Å². The number of aliphatic hydroxyl groups is 1. The Labute approximate surface area is 179 Å². The summed E-state index contributed by atoms with van der Waals surface area (Å²) >= 11 is 0. The lowest BCUT2D eigenvalue weighted by atomic mass is 10.1. The predicted octanol–water partition coefficient (Wildman–Crippen LogP) is 3.75. The van der Waals surface area contributed by atoms with Gasteiger partial charge in [0.05, 0.1) is 20.3 Å². The van der Waals surface area contributed by atoms with Gasteiger partial charge in [0.2, 0.25) is 10.0 Å². The molecule has 0 radical (unpaired) electrons. The molecule has 2 aromatic carbocycles. The minimum atomic E-state index is -3.79. The van der Waals surface area contributed by atoms with Crippen LogP contribution >= 0.6 is 0 Å². The molecule has 0 heterocycles. The van der Waals surface area contributed by atoms with Crippen LogP contribution in [0.4, 0.5) is 0 Å². The van der Waals surface area contributed by atoms with Gasteiger partial charge in [0.25, 0.3) is 0 Å². The highest BCUT2D eigenvalue weighted by Crippen LogP contribution is 2.24. The van der Waals surface area contributed by atoms with Crippen LogP contribution in [0.2, 0.25) is 0 Å². The summed E-state index contributed by atoms with van der Waals surface area (Å²) in [5, 5.41) is 9.54. The van der Waals surface area contributed by atoms with Crippen molar-refractivity contribution >= 4 is 10.0 Å². The fourth-order valence-corrected chi connectivity index (χ4v) is 5.27. The highest BCUT2D eigenvalue weighted by molar-refractivity contribution is 7.89. The van der Waals surface area contributed by atoms with E-state index in [9.17, 15) is 13.5 Å². The van der Waals surface area contributed by atoms with Crippen LogP contribution in [0.5, 0.6) is 11.5 Å². The first-order chi connectivity index (χ1) is 14.3. The van der Waals surface area contributed by atoms with E-state index < -0.39 is 21.4 Å². The molecule has 0 saturated carbocycles. The number of hydrogen-bond acceptors (Lipinski definition) is 5. The van der Waals surface area contributed by atoms with Crippen molar-refractivity contribution in [1.29, 1.82) is 0 Å². The third kappa shape index (κ3) is 6.08. The monoisotopic (exact) mass is 433 g/mol. The highest BCUT2D eigenvalue weighted by atomic mass is 32.2. The van der Waals surface area contributed by atoms with E-state index in [0.717, 1.165) is 11.1 Å². The Kier molecular flexibility index (Phi) is 8.89. The second-order valence-corrected chi connectivity index (χ2v) is 9.20. The van der Waals surface area contributed by atoms with Crippen molar-refractivity contribution in [1.82, 2.24) is 4.31 Å². The molecule has 0 unspecified atom stereocenters. The quantitative estimate of drug-likeness (QED) is 0.516. The van der Waals surface area contributed by atoms with Crippen LogP contribution in [0.15, 0.2) is 61.2 Å². The van der Waals surface area contributed by atoms with Crippen LogP contribution in [0.25, 0.3) is 0 Å². The first kappa shape index (κ1) is 23.9. The first-order valence-electron chi connectivity index (χ1n) is 9.89. The predicted molar refractivity (Wildman–Crippen MR) is 119 cm³/mol. The number of methoxy groups -OCH3 is 2. The van der Waals surface area contributed by atoms with Crippen LogP contribution in [0.3, 0.4) is 0 Å². The van der Waals surface area contributed by atoms with Gasteiger partial charge in [-0.1, -0.05) is 37.3 Å². The molecule has 30 heavy (non-hydrogen) atoms. The zero-order chi connectivity index (χ0) is 22.1. The van der Waals surface area contributed by atoms with E-state index in [0.29, 0.717) is 17.9 Å². The van der Waals surface area contributed by atoms with Crippen LogP contribution in [0, 0.1) is 0 Å². The van der Waals surface area contributed by atoms with E-state index >= 15 is 0 Å². The molecule has 0 bridgehead atoms. The van der Waals surface area contributed by atoms with Crippen LogP contribution in [-0.4, -0.2) is 43.4 Å². The average Bonchev–Trinajstić information content (AvgIpc) is 2.74. The minimum absolute atomic E-state index is 0.190. The SMILES string of the molecule is C=CC[C@H](O)[C@@H](CC)S(=O)(=O)N(Cc1ccc(OC)cc1)Cc1ccc(OC)cc1. The number of nitrogens with zero attached hydrogens (tertiary/aromatic N) is 1. The van der Waals surface area contributed by atoms with E-state index in [-0.39, 0.29) is 19.5 Å². The van der Waals surface area contributed by atoms with Crippen molar-refractivity contribution in [2.75, 3.05) is 14.2 Å². The molecule has 2 aromatic rings. The maximum absolute atomic E-state index is 13.5. The molecule has 0 fully saturated rings. The zero-order valence-electron chi connectivity index (χ0n) is 17.8. The van der Waals surface area contributed by atoms with Gasteiger partial charge < -0.3 is 14.6 Å². The van der Waals surface area contributed by atoms with Crippen molar-refractivity contribution < 1.29 is 23.0 Å². The van der Waals surface area contributed by atoms with Gasteiger partial charge in [0.15, 0.2) is 0 Å². The second-order valence-electron chi connectivity index (χ2n) is 7.05.